The van der Waals surface area contributed by atoms with E-state index in [1.165, 1.54) is 11.1 Å². The normalized spacial score (nSPS) is 10.5. The van der Waals surface area contributed by atoms with E-state index >= 15 is 0 Å². The lowest BCUT2D eigenvalue weighted by Crippen LogP contribution is -1.89. The highest BCUT2D eigenvalue weighted by atomic mass is 15.1. The third-order valence-electron chi connectivity index (χ3n) is 4.03. The van der Waals surface area contributed by atoms with Crippen LogP contribution in [0.25, 0.3) is 33.5 Å². The Bertz CT molecular complexity index is 867. The van der Waals surface area contributed by atoms with E-state index in [0.717, 1.165) is 22.4 Å². The molecule has 0 bridgehead atoms. The quantitative estimate of drug-likeness (QED) is 0.501. The summed E-state index contributed by atoms with van der Waals surface area (Å²) < 4.78 is 0. The van der Waals surface area contributed by atoms with Gasteiger partial charge in [0, 0.05) is 11.1 Å². The molecular weight excluding hydrogens is 292 g/mol. The Hall–Kier alpha value is -3.26. The average molecular weight is 308 g/mol. The summed E-state index contributed by atoms with van der Waals surface area (Å²) in [6.07, 6.45) is 1.82. The van der Waals surface area contributed by atoms with Crippen LogP contribution >= 0.6 is 0 Å². The molecule has 0 unspecified atom stereocenters. The molecule has 24 heavy (non-hydrogen) atoms. The minimum Gasteiger partial charge on any atom is -0.158 e. The number of nitrogens with zero attached hydrogens (tertiary/aromatic N) is 2. The van der Waals surface area contributed by atoms with Gasteiger partial charge in [0.05, 0.1) is 11.9 Å². The largest absolute Gasteiger partial charge is 0.158 e. The topological polar surface area (TPSA) is 25.8 Å². The maximum Gasteiger partial charge on any atom is 0.0935 e. The van der Waals surface area contributed by atoms with Crippen LogP contribution in [-0.4, -0.2) is 10.2 Å². The van der Waals surface area contributed by atoms with E-state index in [2.05, 4.69) is 64.8 Å². The molecule has 0 radical (unpaired) electrons. The number of aromatic nitrogens is 2. The van der Waals surface area contributed by atoms with Gasteiger partial charge in [-0.15, -0.1) is 0 Å². The summed E-state index contributed by atoms with van der Waals surface area (Å²) in [7, 11) is 0. The SMILES string of the molecule is c1ccc(-c2cccc(-c3cnnc(-c4ccccc4)c3)c2)cc1. The van der Waals surface area contributed by atoms with Gasteiger partial charge in [-0.2, -0.15) is 10.2 Å². The Morgan fingerprint density at radius 1 is 0.458 bits per heavy atom. The number of rotatable bonds is 3. The van der Waals surface area contributed by atoms with Crippen LogP contribution in [0.2, 0.25) is 0 Å². The molecule has 0 spiro atoms. The molecule has 0 amide bonds. The van der Waals surface area contributed by atoms with Crippen LogP contribution in [0, 0.1) is 0 Å². The second-order valence-electron chi connectivity index (χ2n) is 5.64. The summed E-state index contributed by atoms with van der Waals surface area (Å²) in [4.78, 5) is 0. The average Bonchev–Trinajstić information content (AvgIpc) is 2.70. The standard InChI is InChI=1S/C22H16N2/c1-3-8-17(9-4-1)19-12-7-13-20(14-19)21-15-22(24-23-16-21)18-10-5-2-6-11-18/h1-16H. The number of hydrogen-bond acceptors (Lipinski definition) is 2. The van der Waals surface area contributed by atoms with Crippen molar-refractivity contribution in [1.82, 2.24) is 10.2 Å². The van der Waals surface area contributed by atoms with Crippen molar-refractivity contribution < 1.29 is 0 Å². The lowest BCUT2D eigenvalue weighted by Gasteiger charge is -2.07. The van der Waals surface area contributed by atoms with Gasteiger partial charge in [-0.05, 0) is 28.8 Å². The molecule has 1 heterocycles. The fourth-order valence-electron chi connectivity index (χ4n) is 2.78. The van der Waals surface area contributed by atoms with Gasteiger partial charge in [-0.1, -0.05) is 78.9 Å². The van der Waals surface area contributed by atoms with Gasteiger partial charge in [-0.3, -0.25) is 0 Å². The number of benzene rings is 3. The van der Waals surface area contributed by atoms with E-state index < -0.39 is 0 Å². The molecular formula is C22H16N2. The highest BCUT2D eigenvalue weighted by Crippen LogP contribution is 2.27. The smallest absolute Gasteiger partial charge is 0.0935 e. The molecule has 0 aliphatic rings. The predicted octanol–water partition coefficient (Wildman–Crippen LogP) is 5.48. The van der Waals surface area contributed by atoms with E-state index in [9.17, 15) is 0 Å². The molecule has 4 aromatic rings. The second-order valence-corrected chi connectivity index (χ2v) is 5.64. The van der Waals surface area contributed by atoms with Crippen molar-refractivity contribution in [1.29, 1.82) is 0 Å². The van der Waals surface area contributed by atoms with Crippen LogP contribution in [0.1, 0.15) is 0 Å². The fourth-order valence-corrected chi connectivity index (χ4v) is 2.78. The van der Waals surface area contributed by atoms with E-state index in [4.69, 9.17) is 0 Å². The van der Waals surface area contributed by atoms with Gasteiger partial charge in [0.15, 0.2) is 0 Å². The van der Waals surface area contributed by atoms with Crippen molar-refractivity contribution in [3.63, 3.8) is 0 Å². The molecule has 114 valence electrons. The van der Waals surface area contributed by atoms with Crippen LogP contribution in [0.3, 0.4) is 0 Å². The van der Waals surface area contributed by atoms with Crippen molar-refractivity contribution >= 4 is 0 Å². The Kier molecular flexibility index (Phi) is 3.86. The van der Waals surface area contributed by atoms with Crippen LogP contribution in [0.5, 0.6) is 0 Å². The molecule has 3 aromatic carbocycles. The lowest BCUT2D eigenvalue weighted by atomic mass is 9.99. The maximum atomic E-state index is 4.27. The monoisotopic (exact) mass is 308 g/mol. The molecule has 0 saturated heterocycles. The van der Waals surface area contributed by atoms with E-state index in [0.29, 0.717) is 0 Å². The van der Waals surface area contributed by atoms with Gasteiger partial charge in [-0.25, -0.2) is 0 Å². The number of hydrogen-bond donors (Lipinski definition) is 0. The van der Waals surface area contributed by atoms with Crippen LogP contribution < -0.4 is 0 Å². The summed E-state index contributed by atoms with van der Waals surface area (Å²) in [5, 5.41) is 8.46. The molecule has 4 rings (SSSR count). The van der Waals surface area contributed by atoms with Crippen LogP contribution in [0.4, 0.5) is 0 Å². The Labute approximate surface area is 141 Å². The highest BCUT2D eigenvalue weighted by Gasteiger charge is 2.05. The van der Waals surface area contributed by atoms with Gasteiger partial charge in [0.25, 0.3) is 0 Å². The molecule has 0 atom stereocenters. The highest BCUT2D eigenvalue weighted by molar-refractivity contribution is 5.74. The third-order valence-corrected chi connectivity index (χ3v) is 4.03. The first-order chi connectivity index (χ1) is 11.9. The first kappa shape index (κ1) is 14.3. The Morgan fingerprint density at radius 3 is 1.75 bits per heavy atom. The first-order valence-corrected chi connectivity index (χ1v) is 7.94. The summed E-state index contributed by atoms with van der Waals surface area (Å²) >= 11 is 0. The summed E-state index contributed by atoms with van der Waals surface area (Å²) in [5.41, 5.74) is 6.59. The third kappa shape index (κ3) is 2.95. The van der Waals surface area contributed by atoms with E-state index in [-0.39, 0.29) is 0 Å². The molecule has 0 aliphatic heterocycles. The van der Waals surface area contributed by atoms with E-state index in [1.807, 2.05) is 42.6 Å². The molecule has 0 aliphatic carbocycles. The minimum atomic E-state index is 0.887. The molecule has 0 fully saturated rings. The van der Waals surface area contributed by atoms with Crippen molar-refractivity contribution in [2.75, 3.05) is 0 Å². The lowest BCUT2D eigenvalue weighted by molar-refractivity contribution is 1.04. The molecule has 0 saturated carbocycles. The van der Waals surface area contributed by atoms with Crippen molar-refractivity contribution in [2.45, 2.75) is 0 Å². The van der Waals surface area contributed by atoms with Gasteiger partial charge in [0.1, 0.15) is 0 Å². The molecule has 1 aromatic heterocycles. The molecule has 2 nitrogen and oxygen atoms in total. The van der Waals surface area contributed by atoms with E-state index in [1.54, 1.807) is 0 Å². The molecule has 0 N–H and O–H groups in total. The van der Waals surface area contributed by atoms with Crippen LogP contribution in [-0.2, 0) is 0 Å². The zero-order chi connectivity index (χ0) is 16.2. The van der Waals surface area contributed by atoms with Crippen LogP contribution in [0.15, 0.2) is 97.2 Å². The summed E-state index contributed by atoms with van der Waals surface area (Å²) in [5.74, 6) is 0. The first-order valence-electron chi connectivity index (χ1n) is 7.94. The maximum absolute atomic E-state index is 4.27. The van der Waals surface area contributed by atoms with Gasteiger partial charge in [0.2, 0.25) is 0 Å². The summed E-state index contributed by atoms with van der Waals surface area (Å²) in [6, 6.07) is 31.1. The Balaban J connectivity index is 1.75. The van der Waals surface area contributed by atoms with Gasteiger partial charge < -0.3 is 0 Å². The van der Waals surface area contributed by atoms with Gasteiger partial charge >= 0.3 is 0 Å². The predicted molar refractivity (Wildman–Crippen MR) is 98.3 cm³/mol. The molecule has 2 heteroatoms. The second kappa shape index (κ2) is 6.47. The fraction of sp³-hybridized carbons (Fsp3) is 0. The Morgan fingerprint density at radius 2 is 1.04 bits per heavy atom. The summed E-state index contributed by atoms with van der Waals surface area (Å²) in [6.45, 7) is 0. The zero-order valence-electron chi connectivity index (χ0n) is 13.1. The minimum absolute atomic E-state index is 0.887. The van der Waals surface area contributed by atoms with Crippen molar-refractivity contribution in [3.8, 4) is 33.5 Å². The van der Waals surface area contributed by atoms with Crippen molar-refractivity contribution in [3.05, 3.63) is 97.2 Å². The van der Waals surface area contributed by atoms with Crippen molar-refractivity contribution in [2.24, 2.45) is 0 Å². The zero-order valence-corrected chi connectivity index (χ0v) is 13.1.